The highest BCUT2D eigenvalue weighted by molar-refractivity contribution is 5.81. The molecule has 0 bridgehead atoms. The van der Waals surface area contributed by atoms with Crippen molar-refractivity contribution in [3.05, 3.63) is 16.2 Å². The molecule has 0 radical (unpaired) electrons. The van der Waals surface area contributed by atoms with E-state index in [0.29, 0.717) is 0 Å². The van der Waals surface area contributed by atoms with Crippen molar-refractivity contribution in [1.29, 1.82) is 0 Å². The summed E-state index contributed by atoms with van der Waals surface area (Å²) in [6, 6.07) is 0. The van der Waals surface area contributed by atoms with E-state index >= 15 is 0 Å². The number of carbonyl (C=O) groups excluding carboxylic acids is 1. The molecule has 3 rings (SSSR count). The number of nitrogens with zero attached hydrogens (tertiary/aromatic N) is 3. The zero-order chi connectivity index (χ0) is 22.8. The predicted octanol–water partition coefficient (Wildman–Crippen LogP) is -0.847. The highest BCUT2D eigenvalue weighted by atomic mass is 19.4. The van der Waals surface area contributed by atoms with Crippen LogP contribution in [0.25, 0.3) is 11.2 Å². The number of anilines is 1. The Bertz CT molecular complexity index is 1090. The van der Waals surface area contributed by atoms with Crippen LogP contribution in [-0.2, 0) is 9.53 Å². The lowest BCUT2D eigenvalue weighted by Crippen LogP contribution is -2.37. The number of carbonyl (C=O) groups is 1. The number of H-pyrrole nitrogens is 1. The molecular weight excluding hydrogens is 425 g/mol. The molecule has 1 fully saturated rings. The summed E-state index contributed by atoms with van der Waals surface area (Å²) in [5, 5.41) is 21.1. The van der Waals surface area contributed by atoms with Crippen LogP contribution in [-0.4, -0.2) is 67.2 Å². The van der Waals surface area contributed by atoms with Crippen molar-refractivity contribution in [2.24, 2.45) is 0 Å². The Morgan fingerprint density at radius 2 is 2.16 bits per heavy atom. The van der Waals surface area contributed by atoms with Gasteiger partial charge in [0.25, 0.3) is 5.56 Å². The first-order valence-corrected chi connectivity index (χ1v) is 9.17. The number of nitrogens with two attached hydrogens (primary N) is 1. The van der Waals surface area contributed by atoms with Gasteiger partial charge in [-0.15, -0.1) is 0 Å². The molecule has 1 aliphatic heterocycles. The fourth-order valence-electron chi connectivity index (χ4n) is 3.02. The van der Waals surface area contributed by atoms with Crippen molar-refractivity contribution >= 4 is 23.0 Å². The molecule has 31 heavy (non-hydrogen) atoms. The molecule has 0 spiro atoms. The number of aromatic amines is 1. The fourth-order valence-corrected chi connectivity index (χ4v) is 3.02. The van der Waals surface area contributed by atoms with Crippen LogP contribution in [0, 0.1) is 11.8 Å². The smallest absolute Gasteiger partial charge is 0.394 e. The maximum atomic E-state index is 12.2. The van der Waals surface area contributed by atoms with Crippen molar-refractivity contribution < 1.29 is 32.9 Å². The van der Waals surface area contributed by atoms with E-state index in [1.54, 1.807) is 5.32 Å². The molecule has 6 N–H and O–H groups in total. The van der Waals surface area contributed by atoms with Gasteiger partial charge < -0.3 is 26.0 Å². The highest BCUT2D eigenvalue weighted by Crippen LogP contribution is 2.31. The summed E-state index contributed by atoms with van der Waals surface area (Å²) in [5.41, 5.74) is 4.99. The SMILES string of the molecule is Nc1nc2c(nc(C#CCCCNC(=O)C(F)(F)F)n2[C@H]2C[C@H](O)[C@@H](CO)O2)c(=O)[nH]1. The van der Waals surface area contributed by atoms with Gasteiger partial charge in [0.05, 0.1) is 12.7 Å². The molecule has 3 heterocycles. The molecule has 1 aliphatic rings. The van der Waals surface area contributed by atoms with Gasteiger partial charge >= 0.3 is 12.1 Å². The summed E-state index contributed by atoms with van der Waals surface area (Å²) in [6.07, 6.45) is -7.25. The number of aromatic nitrogens is 4. The molecule has 3 atom stereocenters. The molecule has 0 aromatic carbocycles. The minimum atomic E-state index is -4.95. The number of hydrogen-bond acceptors (Lipinski definition) is 8. The van der Waals surface area contributed by atoms with Crippen LogP contribution in [0.4, 0.5) is 19.1 Å². The molecule has 1 saturated heterocycles. The summed E-state index contributed by atoms with van der Waals surface area (Å²) in [4.78, 5) is 33.4. The minimum Gasteiger partial charge on any atom is -0.394 e. The minimum absolute atomic E-state index is 0.0636. The molecular formula is C17H19F3N6O5. The summed E-state index contributed by atoms with van der Waals surface area (Å²) < 4.78 is 43.4. The zero-order valence-corrected chi connectivity index (χ0v) is 15.9. The van der Waals surface area contributed by atoms with Gasteiger partial charge in [-0.1, -0.05) is 5.92 Å². The average molecular weight is 444 g/mol. The second kappa shape index (κ2) is 8.92. The Morgan fingerprint density at radius 1 is 1.42 bits per heavy atom. The van der Waals surface area contributed by atoms with Gasteiger partial charge in [0, 0.05) is 19.4 Å². The molecule has 11 nitrogen and oxygen atoms in total. The quantitative estimate of drug-likeness (QED) is 0.294. The van der Waals surface area contributed by atoms with Crippen LogP contribution in [0.5, 0.6) is 0 Å². The Morgan fingerprint density at radius 3 is 2.81 bits per heavy atom. The van der Waals surface area contributed by atoms with Gasteiger partial charge in [-0.25, -0.2) is 4.98 Å². The number of hydrogen-bond donors (Lipinski definition) is 5. The van der Waals surface area contributed by atoms with Crippen LogP contribution >= 0.6 is 0 Å². The first-order valence-electron chi connectivity index (χ1n) is 9.17. The van der Waals surface area contributed by atoms with E-state index in [-0.39, 0.29) is 48.7 Å². The number of halogens is 3. The fraction of sp³-hybridized carbons (Fsp3) is 0.529. The lowest BCUT2D eigenvalue weighted by atomic mass is 10.2. The Labute approximate surface area is 172 Å². The number of unbranched alkanes of at least 4 members (excludes halogenated alkanes) is 1. The molecule has 14 heteroatoms. The molecule has 0 unspecified atom stereocenters. The van der Waals surface area contributed by atoms with Gasteiger partial charge in [0.1, 0.15) is 12.3 Å². The highest BCUT2D eigenvalue weighted by Gasteiger charge is 2.38. The summed E-state index contributed by atoms with van der Waals surface area (Å²) in [7, 11) is 0. The van der Waals surface area contributed by atoms with Crippen molar-refractivity contribution in [3.63, 3.8) is 0 Å². The van der Waals surface area contributed by atoms with Crippen LogP contribution < -0.4 is 16.6 Å². The van der Waals surface area contributed by atoms with Gasteiger partial charge in [-0.05, 0) is 12.3 Å². The van der Waals surface area contributed by atoms with Gasteiger partial charge in [0.15, 0.2) is 17.0 Å². The number of rotatable bonds is 5. The lowest BCUT2D eigenvalue weighted by Gasteiger charge is -2.15. The first-order chi connectivity index (χ1) is 14.6. The monoisotopic (exact) mass is 444 g/mol. The van der Waals surface area contributed by atoms with Crippen LogP contribution in [0.15, 0.2) is 4.79 Å². The molecule has 0 saturated carbocycles. The predicted molar refractivity (Wildman–Crippen MR) is 99.4 cm³/mol. The number of nitrogens with one attached hydrogen (secondary N) is 2. The van der Waals surface area contributed by atoms with E-state index in [2.05, 4.69) is 26.8 Å². The molecule has 168 valence electrons. The molecule has 1 amide bonds. The van der Waals surface area contributed by atoms with Crippen molar-refractivity contribution in [3.8, 4) is 11.8 Å². The third-order valence-corrected chi connectivity index (χ3v) is 4.46. The van der Waals surface area contributed by atoms with E-state index in [0.717, 1.165) is 0 Å². The third kappa shape index (κ3) is 4.95. The Hall–Kier alpha value is -3.15. The topological polar surface area (TPSA) is 168 Å². The third-order valence-electron chi connectivity index (χ3n) is 4.46. The maximum Gasteiger partial charge on any atom is 0.471 e. The van der Waals surface area contributed by atoms with Gasteiger partial charge in [0.2, 0.25) is 5.95 Å². The van der Waals surface area contributed by atoms with Crippen LogP contribution in [0.3, 0.4) is 0 Å². The molecule has 2 aromatic heterocycles. The number of fused-ring (bicyclic) bond motifs is 1. The number of alkyl halides is 3. The molecule has 0 aliphatic carbocycles. The number of aliphatic hydroxyl groups excluding tert-OH is 2. The Balaban J connectivity index is 1.81. The van der Waals surface area contributed by atoms with Gasteiger partial charge in [-0.3, -0.25) is 19.1 Å². The molecule has 2 aromatic rings. The van der Waals surface area contributed by atoms with E-state index in [4.69, 9.17) is 10.5 Å². The second-order valence-electron chi connectivity index (χ2n) is 6.70. The van der Waals surface area contributed by atoms with E-state index < -0.39 is 42.7 Å². The van der Waals surface area contributed by atoms with Crippen molar-refractivity contribution in [2.75, 3.05) is 18.9 Å². The van der Waals surface area contributed by atoms with E-state index in [1.807, 2.05) is 0 Å². The zero-order valence-electron chi connectivity index (χ0n) is 15.9. The van der Waals surface area contributed by atoms with Crippen molar-refractivity contribution in [1.82, 2.24) is 24.8 Å². The second-order valence-corrected chi connectivity index (χ2v) is 6.70. The Kier molecular flexibility index (Phi) is 6.48. The standard InChI is InChI=1S/C17H19F3N6O5/c18-17(19,20)15(30)22-5-3-1-2-4-10-23-12-13(24-16(21)25-14(12)29)26(10)11-6-8(28)9(7-27)31-11/h8-9,11,27-28H,1,3,5-7H2,(H,22,30)(H3,21,24,25,29)/t8-,9+,11+/m0/s1. The number of amides is 1. The van der Waals surface area contributed by atoms with E-state index in [1.165, 1.54) is 4.57 Å². The van der Waals surface area contributed by atoms with Crippen LogP contribution in [0.1, 0.15) is 31.3 Å². The number of aliphatic hydroxyl groups is 2. The van der Waals surface area contributed by atoms with Gasteiger partial charge in [-0.2, -0.15) is 18.2 Å². The number of ether oxygens (including phenoxy) is 1. The number of nitrogen functional groups attached to an aromatic ring is 1. The van der Waals surface area contributed by atoms with Crippen LogP contribution in [0.2, 0.25) is 0 Å². The van der Waals surface area contributed by atoms with Crippen molar-refractivity contribution in [2.45, 2.75) is 43.9 Å². The summed E-state index contributed by atoms with van der Waals surface area (Å²) in [6.45, 7) is -0.650. The maximum absolute atomic E-state index is 12.2. The average Bonchev–Trinajstić information content (AvgIpc) is 3.23. The largest absolute Gasteiger partial charge is 0.471 e. The first kappa shape index (κ1) is 22.5. The van der Waals surface area contributed by atoms with E-state index in [9.17, 15) is 33.0 Å². The summed E-state index contributed by atoms with van der Waals surface area (Å²) >= 11 is 0. The lowest BCUT2D eigenvalue weighted by molar-refractivity contribution is -0.173. The normalized spacial score (nSPS) is 21.1. The number of imidazole rings is 1. The summed E-state index contributed by atoms with van der Waals surface area (Å²) in [5.74, 6) is 3.27.